The molecule has 0 N–H and O–H groups in total. The summed E-state index contributed by atoms with van der Waals surface area (Å²) in [5.41, 5.74) is 1.27. The van der Waals surface area contributed by atoms with Gasteiger partial charge in [-0.05, 0) is 91.3 Å². The lowest BCUT2D eigenvalue weighted by Crippen LogP contribution is -2.55. The van der Waals surface area contributed by atoms with Crippen molar-refractivity contribution in [1.29, 1.82) is 0 Å². The van der Waals surface area contributed by atoms with E-state index >= 15 is 0 Å². The highest BCUT2D eigenvalue weighted by Gasteiger charge is 2.57. The van der Waals surface area contributed by atoms with Gasteiger partial charge in [-0.15, -0.1) is 0 Å². The fraction of sp³-hybridized carbons (Fsp3) is 1.00. The summed E-state index contributed by atoms with van der Waals surface area (Å²) in [6, 6.07) is 0. The number of rotatable bonds is 3. The number of fused-ring (bicyclic) bond motifs is 3. The molecule has 3 aliphatic rings. The second kappa shape index (κ2) is 6.38. The quantitative estimate of drug-likeness (QED) is 0.511. The maximum Gasteiger partial charge on any atom is -0.0261 e. The van der Waals surface area contributed by atoms with Crippen LogP contribution in [0.25, 0.3) is 0 Å². The van der Waals surface area contributed by atoms with Gasteiger partial charge in [0, 0.05) is 0 Å². The van der Waals surface area contributed by atoms with Crippen molar-refractivity contribution in [3.05, 3.63) is 0 Å². The molecule has 0 aromatic rings. The fourth-order valence-electron chi connectivity index (χ4n) is 7.59. The molecule has 3 aliphatic carbocycles. The van der Waals surface area contributed by atoms with Crippen molar-refractivity contribution in [3.63, 3.8) is 0 Å². The summed E-state index contributed by atoms with van der Waals surface area (Å²) in [5.74, 6) is 5.90. The smallest absolute Gasteiger partial charge is 0.0261 e. The first-order valence-electron chi connectivity index (χ1n) is 10.8. The lowest BCUT2D eigenvalue weighted by Gasteiger charge is -2.63. The summed E-state index contributed by atoms with van der Waals surface area (Å²) in [5, 5.41) is 0. The molecule has 5 unspecified atom stereocenters. The lowest BCUT2D eigenvalue weighted by atomic mass is 9.42. The Morgan fingerprint density at radius 3 is 2.35 bits per heavy atom. The van der Waals surface area contributed by atoms with Crippen molar-refractivity contribution in [2.24, 2.45) is 46.3 Å². The van der Waals surface area contributed by atoms with Gasteiger partial charge in [-0.1, -0.05) is 54.4 Å². The van der Waals surface area contributed by atoms with Crippen molar-refractivity contribution in [1.82, 2.24) is 0 Å². The molecule has 134 valence electrons. The Morgan fingerprint density at radius 1 is 0.957 bits per heavy atom. The first kappa shape index (κ1) is 17.8. The number of hydrogen-bond acceptors (Lipinski definition) is 0. The first-order valence-corrected chi connectivity index (χ1v) is 10.8. The Bertz CT molecular complexity index is 410. The van der Waals surface area contributed by atoms with Crippen molar-refractivity contribution in [2.75, 3.05) is 0 Å². The van der Waals surface area contributed by atoms with E-state index in [0.29, 0.717) is 10.8 Å². The summed E-state index contributed by atoms with van der Waals surface area (Å²) >= 11 is 0. The Hall–Kier alpha value is 0. The summed E-state index contributed by atoms with van der Waals surface area (Å²) in [6.45, 7) is 15.3. The molecular weight excluding hydrogens is 276 g/mol. The third-order valence-corrected chi connectivity index (χ3v) is 9.40. The molecule has 3 fully saturated rings. The van der Waals surface area contributed by atoms with Gasteiger partial charge >= 0.3 is 0 Å². The minimum atomic E-state index is 0.613. The van der Waals surface area contributed by atoms with Gasteiger partial charge in [0.25, 0.3) is 0 Å². The molecule has 0 spiro atoms. The van der Waals surface area contributed by atoms with Crippen LogP contribution < -0.4 is 0 Å². The van der Waals surface area contributed by atoms with Crippen molar-refractivity contribution >= 4 is 0 Å². The zero-order valence-electron chi connectivity index (χ0n) is 16.8. The molecule has 0 bridgehead atoms. The molecule has 0 nitrogen and oxygen atoms in total. The van der Waals surface area contributed by atoms with E-state index in [1.54, 1.807) is 12.8 Å². The van der Waals surface area contributed by atoms with Crippen molar-refractivity contribution in [2.45, 2.75) is 99.3 Å². The lowest BCUT2D eigenvalue weighted by molar-refractivity contribution is -0.139. The van der Waals surface area contributed by atoms with E-state index in [2.05, 4.69) is 41.5 Å². The molecule has 0 amide bonds. The van der Waals surface area contributed by atoms with Crippen LogP contribution in [0.1, 0.15) is 99.3 Å². The SMILES string of the molecule is CCC(C)[C@]1(C)CCC[C@]2(C)C3CCC(C(C)C)CC3CCC12. The molecule has 7 atom stereocenters. The average molecular weight is 319 g/mol. The maximum absolute atomic E-state index is 2.73. The van der Waals surface area contributed by atoms with Gasteiger partial charge in [0.05, 0.1) is 0 Å². The average Bonchev–Trinajstić information content (AvgIpc) is 2.53. The van der Waals surface area contributed by atoms with Crippen LogP contribution in [-0.2, 0) is 0 Å². The van der Waals surface area contributed by atoms with E-state index in [1.807, 2.05) is 0 Å². The highest BCUT2D eigenvalue weighted by molar-refractivity contribution is 5.06. The molecule has 0 aliphatic heterocycles. The molecule has 0 saturated heterocycles. The summed E-state index contributed by atoms with van der Waals surface area (Å²) in [6.07, 6.45) is 13.6. The summed E-state index contributed by atoms with van der Waals surface area (Å²) < 4.78 is 0. The van der Waals surface area contributed by atoms with Crippen LogP contribution in [0.2, 0.25) is 0 Å². The van der Waals surface area contributed by atoms with Crippen LogP contribution in [0.15, 0.2) is 0 Å². The molecule has 3 rings (SSSR count). The van der Waals surface area contributed by atoms with E-state index in [0.717, 1.165) is 35.5 Å². The second-order valence-corrected chi connectivity index (χ2v) is 10.5. The standard InChI is InChI=1S/C23H42/c1-7-17(4)22(5)13-8-14-23(6)20-11-9-18(16(2)3)15-19(20)10-12-21(22)23/h16-21H,7-15H2,1-6H3/t17?,18?,19?,20?,21?,22-,23+/m0/s1. The molecule has 0 aromatic heterocycles. The third kappa shape index (κ3) is 2.81. The van der Waals surface area contributed by atoms with E-state index < -0.39 is 0 Å². The molecule has 23 heavy (non-hydrogen) atoms. The van der Waals surface area contributed by atoms with E-state index in [-0.39, 0.29) is 0 Å². The predicted molar refractivity (Wildman–Crippen MR) is 101 cm³/mol. The van der Waals surface area contributed by atoms with Gasteiger partial charge in [-0.2, -0.15) is 0 Å². The zero-order chi connectivity index (χ0) is 16.8. The van der Waals surface area contributed by atoms with Crippen LogP contribution in [0, 0.1) is 46.3 Å². The zero-order valence-corrected chi connectivity index (χ0v) is 16.8. The highest BCUT2D eigenvalue weighted by Crippen LogP contribution is 2.66. The monoisotopic (exact) mass is 318 g/mol. The van der Waals surface area contributed by atoms with Gasteiger partial charge in [-0.25, -0.2) is 0 Å². The van der Waals surface area contributed by atoms with Crippen LogP contribution >= 0.6 is 0 Å². The fourth-order valence-corrected chi connectivity index (χ4v) is 7.59. The second-order valence-electron chi connectivity index (χ2n) is 10.5. The largest absolute Gasteiger partial charge is 0.0651 e. The molecule has 0 heteroatoms. The molecule has 3 saturated carbocycles. The van der Waals surface area contributed by atoms with E-state index in [1.165, 1.54) is 44.9 Å². The molecule has 0 radical (unpaired) electrons. The van der Waals surface area contributed by atoms with Gasteiger partial charge in [0.2, 0.25) is 0 Å². The van der Waals surface area contributed by atoms with Crippen LogP contribution in [0.3, 0.4) is 0 Å². The Morgan fingerprint density at radius 2 is 1.70 bits per heavy atom. The summed E-state index contributed by atoms with van der Waals surface area (Å²) in [7, 11) is 0. The maximum atomic E-state index is 2.73. The van der Waals surface area contributed by atoms with E-state index in [9.17, 15) is 0 Å². The third-order valence-electron chi connectivity index (χ3n) is 9.40. The van der Waals surface area contributed by atoms with Gasteiger partial charge in [0.15, 0.2) is 0 Å². The van der Waals surface area contributed by atoms with Crippen molar-refractivity contribution < 1.29 is 0 Å². The minimum Gasteiger partial charge on any atom is -0.0651 e. The van der Waals surface area contributed by atoms with Crippen LogP contribution in [0.5, 0.6) is 0 Å². The van der Waals surface area contributed by atoms with Gasteiger partial charge < -0.3 is 0 Å². The topological polar surface area (TPSA) is 0 Å². The Kier molecular flexibility index (Phi) is 4.94. The van der Waals surface area contributed by atoms with Gasteiger partial charge in [-0.3, -0.25) is 0 Å². The Balaban J connectivity index is 1.84. The predicted octanol–water partition coefficient (Wildman–Crippen LogP) is 7.33. The number of hydrogen-bond donors (Lipinski definition) is 0. The van der Waals surface area contributed by atoms with Crippen molar-refractivity contribution in [3.8, 4) is 0 Å². The first-order chi connectivity index (χ1) is 10.8. The van der Waals surface area contributed by atoms with E-state index in [4.69, 9.17) is 0 Å². The highest BCUT2D eigenvalue weighted by atomic mass is 14.6. The molecule has 0 aromatic carbocycles. The van der Waals surface area contributed by atoms with Crippen LogP contribution in [-0.4, -0.2) is 0 Å². The summed E-state index contributed by atoms with van der Waals surface area (Å²) in [4.78, 5) is 0. The minimum absolute atomic E-state index is 0.613. The molecule has 0 heterocycles. The normalized spacial score (nSPS) is 48.7. The van der Waals surface area contributed by atoms with Crippen LogP contribution in [0.4, 0.5) is 0 Å². The molecular formula is C23H42. The van der Waals surface area contributed by atoms with Gasteiger partial charge in [0.1, 0.15) is 0 Å². The Labute approximate surface area is 146 Å².